The van der Waals surface area contributed by atoms with Gasteiger partial charge in [0.05, 0.1) is 6.04 Å². The number of thiol groups is 1. The summed E-state index contributed by atoms with van der Waals surface area (Å²) in [4.78, 5) is 54.6. The number of benzene rings is 2. The molecule has 0 spiro atoms. The highest BCUT2D eigenvalue weighted by molar-refractivity contribution is 7.80. The van der Waals surface area contributed by atoms with E-state index >= 15 is 0 Å². The Kier molecular flexibility index (Phi) is 13.5. The fourth-order valence-electron chi connectivity index (χ4n) is 3.80. The van der Waals surface area contributed by atoms with Crippen molar-refractivity contribution in [2.24, 2.45) is 22.2 Å². The normalized spacial score (nSPS) is 13.7. The van der Waals surface area contributed by atoms with E-state index in [4.69, 9.17) is 17.2 Å². The van der Waals surface area contributed by atoms with Crippen molar-refractivity contribution in [3.8, 4) is 0 Å². The van der Waals surface area contributed by atoms with Crippen LogP contribution >= 0.6 is 12.6 Å². The van der Waals surface area contributed by atoms with Gasteiger partial charge in [-0.3, -0.25) is 19.4 Å². The van der Waals surface area contributed by atoms with E-state index in [1.54, 1.807) is 30.3 Å². The number of rotatable bonds is 16. The molecule has 0 saturated carbocycles. The zero-order valence-corrected chi connectivity index (χ0v) is 22.9. The zero-order valence-electron chi connectivity index (χ0n) is 22.0. The van der Waals surface area contributed by atoms with Crippen LogP contribution in [0.25, 0.3) is 0 Å². The average molecular weight is 572 g/mol. The third-order valence-corrected chi connectivity index (χ3v) is 6.29. The lowest BCUT2D eigenvalue weighted by atomic mass is 10.0. The molecule has 0 aliphatic rings. The highest BCUT2D eigenvalue weighted by atomic mass is 32.1. The third kappa shape index (κ3) is 11.3. The zero-order chi connectivity index (χ0) is 29.5. The molecule has 0 fully saturated rings. The molecule has 2 rings (SSSR count). The summed E-state index contributed by atoms with van der Waals surface area (Å²) < 4.78 is 0. The number of hydrogen-bond acceptors (Lipinski definition) is 7. The summed E-state index contributed by atoms with van der Waals surface area (Å²) in [5.41, 5.74) is 18.4. The molecule has 0 aliphatic heterocycles. The van der Waals surface area contributed by atoms with Gasteiger partial charge in [-0.2, -0.15) is 12.6 Å². The molecule has 3 amide bonds. The summed E-state index contributed by atoms with van der Waals surface area (Å²) in [6.45, 7) is 0.217. The van der Waals surface area contributed by atoms with E-state index in [0.29, 0.717) is 6.42 Å². The van der Waals surface area contributed by atoms with Gasteiger partial charge in [-0.15, -0.1) is 0 Å². The predicted octanol–water partition coefficient (Wildman–Crippen LogP) is -0.678. The summed E-state index contributed by atoms with van der Waals surface area (Å²) >= 11 is 4.16. The van der Waals surface area contributed by atoms with Gasteiger partial charge in [0, 0.05) is 18.7 Å². The summed E-state index contributed by atoms with van der Waals surface area (Å²) in [6.07, 6.45) is 0.811. The van der Waals surface area contributed by atoms with Gasteiger partial charge in [0.2, 0.25) is 17.7 Å². The lowest BCUT2D eigenvalue weighted by molar-refractivity contribution is -0.142. The van der Waals surface area contributed by atoms with Crippen LogP contribution in [-0.2, 0) is 32.0 Å². The Balaban J connectivity index is 2.07. The Hall–Kier alpha value is -4.10. The number of carboxylic acids is 1. The van der Waals surface area contributed by atoms with Crippen molar-refractivity contribution in [2.75, 3.05) is 12.3 Å². The minimum Gasteiger partial charge on any atom is -0.480 e. The Bertz CT molecular complexity index is 1150. The quantitative estimate of drug-likeness (QED) is 0.0558. The number of carbonyl (C=O) groups is 4. The number of nitrogens with one attached hydrogen (secondary N) is 3. The van der Waals surface area contributed by atoms with Crippen molar-refractivity contribution < 1.29 is 24.3 Å². The number of amides is 3. The summed E-state index contributed by atoms with van der Waals surface area (Å²) in [7, 11) is 0. The predicted molar refractivity (Wildman–Crippen MR) is 155 cm³/mol. The Morgan fingerprint density at radius 2 is 1.27 bits per heavy atom. The molecular weight excluding hydrogens is 534 g/mol. The molecule has 0 radical (unpaired) electrons. The fourth-order valence-corrected chi connectivity index (χ4v) is 4.06. The average Bonchev–Trinajstić information content (AvgIpc) is 2.93. The van der Waals surface area contributed by atoms with Crippen molar-refractivity contribution in [3.63, 3.8) is 0 Å². The van der Waals surface area contributed by atoms with E-state index in [9.17, 15) is 24.3 Å². The van der Waals surface area contributed by atoms with Gasteiger partial charge in [0.15, 0.2) is 5.96 Å². The lowest BCUT2D eigenvalue weighted by Crippen LogP contribution is -2.58. The first kappa shape index (κ1) is 32.1. The first-order valence-electron chi connectivity index (χ1n) is 12.7. The number of carboxylic acid groups (broad SMARTS) is 1. The second kappa shape index (κ2) is 16.8. The van der Waals surface area contributed by atoms with Gasteiger partial charge in [0.1, 0.15) is 18.1 Å². The van der Waals surface area contributed by atoms with E-state index in [1.807, 2.05) is 30.3 Å². The van der Waals surface area contributed by atoms with Gasteiger partial charge >= 0.3 is 5.97 Å². The van der Waals surface area contributed by atoms with Gasteiger partial charge in [0.25, 0.3) is 0 Å². The maximum Gasteiger partial charge on any atom is 0.326 e. The van der Waals surface area contributed by atoms with Crippen LogP contribution in [-0.4, -0.2) is 71.2 Å². The molecule has 0 aromatic heterocycles. The molecule has 4 atom stereocenters. The Morgan fingerprint density at radius 3 is 1.80 bits per heavy atom. The van der Waals surface area contributed by atoms with Crippen LogP contribution in [0.5, 0.6) is 0 Å². The minimum absolute atomic E-state index is 0.0535. The molecule has 2 aromatic rings. The van der Waals surface area contributed by atoms with Gasteiger partial charge in [-0.25, -0.2) is 4.79 Å². The highest BCUT2D eigenvalue weighted by Crippen LogP contribution is 2.07. The maximum absolute atomic E-state index is 13.2. The molecule has 0 heterocycles. The van der Waals surface area contributed by atoms with E-state index in [1.165, 1.54) is 0 Å². The Labute approximate surface area is 238 Å². The molecule has 40 heavy (non-hydrogen) atoms. The van der Waals surface area contributed by atoms with Gasteiger partial charge in [-0.1, -0.05) is 60.7 Å². The third-order valence-electron chi connectivity index (χ3n) is 5.93. The molecule has 0 saturated heterocycles. The van der Waals surface area contributed by atoms with Crippen LogP contribution in [0.4, 0.5) is 0 Å². The molecule has 4 unspecified atom stereocenters. The number of carbonyl (C=O) groups excluding carboxylic acids is 3. The van der Waals surface area contributed by atoms with Crippen LogP contribution in [0.1, 0.15) is 24.0 Å². The molecular formula is C27H37N7O5S. The fraction of sp³-hybridized carbons (Fsp3) is 0.370. The summed E-state index contributed by atoms with van der Waals surface area (Å²) in [6, 6.07) is 13.6. The molecule has 0 bridgehead atoms. The van der Waals surface area contributed by atoms with E-state index in [-0.39, 0.29) is 37.5 Å². The van der Waals surface area contributed by atoms with Crippen LogP contribution in [0.15, 0.2) is 65.7 Å². The number of hydrogen-bond donors (Lipinski definition) is 8. The molecule has 13 heteroatoms. The van der Waals surface area contributed by atoms with Crippen molar-refractivity contribution in [2.45, 2.75) is 49.9 Å². The molecule has 216 valence electrons. The first-order chi connectivity index (χ1) is 19.1. The van der Waals surface area contributed by atoms with Crippen molar-refractivity contribution in [1.82, 2.24) is 16.0 Å². The van der Waals surface area contributed by atoms with Crippen LogP contribution < -0.4 is 33.2 Å². The van der Waals surface area contributed by atoms with E-state index < -0.39 is 47.9 Å². The summed E-state index contributed by atoms with van der Waals surface area (Å²) in [5.74, 6) is -3.38. The number of nitrogens with zero attached hydrogens (tertiary/aromatic N) is 1. The first-order valence-corrected chi connectivity index (χ1v) is 13.4. The topological polar surface area (TPSA) is 215 Å². The smallest absolute Gasteiger partial charge is 0.326 e. The van der Waals surface area contributed by atoms with Crippen molar-refractivity contribution in [3.05, 3.63) is 71.8 Å². The minimum atomic E-state index is -1.22. The van der Waals surface area contributed by atoms with Gasteiger partial charge in [-0.05, 0) is 30.4 Å². The standard InChI is InChI=1S/C27H37N7O5S/c28-19(14-17-8-3-1-4-9-17)23(35)32-20(12-7-13-31-27(29)30)24(36)34-22(16-40)25(37)33-21(26(38)39)15-18-10-5-2-6-11-18/h1-6,8-11,19-22,40H,7,12-16,28H2,(H,32,35)(H,33,37)(H,34,36)(H,38,39)(H4,29,30,31). The number of aliphatic imine (C=N–C) groups is 1. The second-order valence-corrected chi connectivity index (χ2v) is 9.50. The lowest BCUT2D eigenvalue weighted by Gasteiger charge is -2.24. The van der Waals surface area contributed by atoms with Crippen LogP contribution in [0, 0.1) is 0 Å². The van der Waals surface area contributed by atoms with E-state index in [2.05, 4.69) is 33.6 Å². The van der Waals surface area contributed by atoms with Crippen LogP contribution in [0.3, 0.4) is 0 Å². The molecule has 10 N–H and O–H groups in total. The van der Waals surface area contributed by atoms with E-state index in [0.717, 1.165) is 11.1 Å². The molecule has 2 aromatic carbocycles. The SMILES string of the molecule is NC(N)=NCCCC(NC(=O)C(N)Cc1ccccc1)C(=O)NC(CS)C(=O)NC(Cc1ccccc1)C(=O)O. The van der Waals surface area contributed by atoms with Crippen LogP contribution in [0.2, 0.25) is 0 Å². The number of guanidine groups is 1. The van der Waals surface area contributed by atoms with Crippen molar-refractivity contribution in [1.29, 1.82) is 0 Å². The van der Waals surface area contributed by atoms with Gasteiger partial charge < -0.3 is 38.3 Å². The maximum atomic E-state index is 13.2. The highest BCUT2D eigenvalue weighted by Gasteiger charge is 2.29. The largest absolute Gasteiger partial charge is 0.480 e. The number of aliphatic carboxylic acids is 1. The second-order valence-electron chi connectivity index (χ2n) is 9.14. The molecule has 12 nitrogen and oxygen atoms in total. The summed E-state index contributed by atoms with van der Waals surface area (Å²) in [5, 5.41) is 17.3. The Morgan fingerprint density at radius 1 is 0.775 bits per heavy atom. The molecule has 0 aliphatic carbocycles. The number of nitrogens with two attached hydrogens (primary N) is 3. The van der Waals surface area contributed by atoms with Crippen molar-refractivity contribution >= 4 is 42.3 Å². The monoisotopic (exact) mass is 571 g/mol.